The van der Waals surface area contributed by atoms with Crippen molar-refractivity contribution in [2.75, 3.05) is 19.6 Å². The van der Waals surface area contributed by atoms with Gasteiger partial charge in [-0.15, -0.1) is 24.8 Å². The minimum atomic E-state index is -0.0664. The largest absolute Gasteiger partial charge is 0.348 e. The molecule has 0 radical (unpaired) electrons. The quantitative estimate of drug-likeness (QED) is 0.793. The van der Waals surface area contributed by atoms with Crippen molar-refractivity contribution in [1.82, 2.24) is 25.4 Å². The van der Waals surface area contributed by atoms with Crippen LogP contribution in [0.15, 0.2) is 23.9 Å². The molecule has 0 spiro atoms. The normalized spacial score (nSPS) is 13.8. The van der Waals surface area contributed by atoms with Gasteiger partial charge in [-0.2, -0.15) is 5.10 Å². The SMILES string of the molecule is Cc1cc(C(=O)NCC2=CCNCC2)c2cnn(C(C)C)c2n1.Cl.Cl. The fourth-order valence-corrected chi connectivity index (χ4v) is 2.83. The highest BCUT2D eigenvalue weighted by Crippen LogP contribution is 2.21. The maximum absolute atomic E-state index is 12.6. The molecule has 6 nitrogen and oxygen atoms in total. The number of pyridine rings is 1. The standard InChI is InChI=1S/C17H23N5O.2ClH/c1-11(2)22-16-15(10-20-22)14(8-12(3)21-16)17(23)19-9-13-4-6-18-7-5-13;;/h4,8,10-11,18H,5-7,9H2,1-3H3,(H,19,23);2*1H. The van der Waals surface area contributed by atoms with Crippen LogP contribution in [0.5, 0.6) is 0 Å². The van der Waals surface area contributed by atoms with Gasteiger partial charge in [-0.25, -0.2) is 9.67 Å². The van der Waals surface area contributed by atoms with Gasteiger partial charge in [-0.1, -0.05) is 11.6 Å². The second-order valence-electron chi connectivity index (χ2n) is 6.23. The Labute approximate surface area is 160 Å². The molecule has 0 aliphatic carbocycles. The molecule has 3 rings (SSSR count). The molecule has 0 bridgehead atoms. The van der Waals surface area contributed by atoms with Gasteiger partial charge in [0.25, 0.3) is 5.91 Å². The van der Waals surface area contributed by atoms with E-state index in [0.717, 1.165) is 36.2 Å². The summed E-state index contributed by atoms with van der Waals surface area (Å²) in [7, 11) is 0. The second-order valence-corrected chi connectivity index (χ2v) is 6.23. The molecular formula is C17H25Cl2N5O. The summed E-state index contributed by atoms with van der Waals surface area (Å²) in [5.41, 5.74) is 3.52. The van der Waals surface area contributed by atoms with Gasteiger partial charge in [0, 0.05) is 24.8 Å². The zero-order valence-corrected chi connectivity index (χ0v) is 16.3. The molecule has 3 heterocycles. The number of hydrogen-bond acceptors (Lipinski definition) is 4. The number of carbonyl (C=O) groups is 1. The van der Waals surface area contributed by atoms with E-state index in [-0.39, 0.29) is 36.8 Å². The van der Waals surface area contributed by atoms with Crippen LogP contribution in [-0.2, 0) is 0 Å². The van der Waals surface area contributed by atoms with Gasteiger partial charge in [-0.3, -0.25) is 4.79 Å². The van der Waals surface area contributed by atoms with Crippen molar-refractivity contribution < 1.29 is 4.79 Å². The molecule has 2 aromatic heterocycles. The molecule has 1 amide bonds. The topological polar surface area (TPSA) is 71.8 Å². The molecule has 0 fully saturated rings. The fraction of sp³-hybridized carbons (Fsp3) is 0.471. The van der Waals surface area contributed by atoms with Crippen LogP contribution in [0.3, 0.4) is 0 Å². The van der Waals surface area contributed by atoms with Crippen molar-refractivity contribution in [3.05, 3.63) is 35.2 Å². The Balaban J connectivity index is 0.00000156. The van der Waals surface area contributed by atoms with Gasteiger partial charge in [-0.05, 0) is 39.8 Å². The van der Waals surface area contributed by atoms with Crippen LogP contribution >= 0.6 is 24.8 Å². The van der Waals surface area contributed by atoms with Gasteiger partial charge in [0.2, 0.25) is 0 Å². The van der Waals surface area contributed by atoms with Crippen LogP contribution in [-0.4, -0.2) is 40.3 Å². The van der Waals surface area contributed by atoms with Crippen LogP contribution in [0, 0.1) is 6.92 Å². The summed E-state index contributed by atoms with van der Waals surface area (Å²) in [5.74, 6) is -0.0664. The van der Waals surface area contributed by atoms with E-state index in [1.54, 1.807) is 6.20 Å². The Kier molecular flexibility index (Phi) is 7.86. The van der Waals surface area contributed by atoms with Crippen molar-refractivity contribution >= 4 is 41.8 Å². The molecule has 0 atom stereocenters. The number of rotatable bonds is 4. The number of amides is 1. The number of hydrogen-bond donors (Lipinski definition) is 2. The lowest BCUT2D eigenvalue weighted by Gasteiger charge is -2.15. The number of nitrogens with zero attached hydrogens (tertiary/aromatic N) is 3. The average Bonchev–Trinajstić information content (AvgIpc) is 2.96. The Bertz CT molecular complexity index is 770. The van der Waals surface area contributed by atoms with Crippen LogP contribution < -0.4 is 10.6 Å². The maximum atomic E-state index is 12.6. The molecule has 2 N–H and O–H groups in total. The highest BCUT2D eigenvalue weighted by Gasteiger charge is 2.17. The highest BCUT2D eigenvalue weighted by molar-refractivity contribution is 6.05. The zero-order valence-electron chi connectivity index (χ0n) is 14.7. The summed E-state index contributed by atoms with van der Waals surface area (Å²) in [6.07, 6.45) is 4.87. The molecular weight excluding hydrogens is 361 g/mol. The number of nitrogens with one attached hydrogen (secondary N) is 2. The van der Waals surface area contributed by atoms with E-state index in [2.05, 4.69) is 40.6 Å². The predicted octanol–water partition coefficient (Wildman–Crippen LogP) is 2.81. The number of aromatic nitrogens is 3. The van der Waals surface area contributed by atoms with Gasteiger partial charge in [0.1, 0.15) is 0 Å². The first-order valence-electron chi connectivity index (χ1n) is 8.08. The van der Waals surface area contributed by atoms with Crippen molar-refractivity contribution in [3.63, 3.8) is 0 Å². The van der Waals surface area contributed by atoms with Crippen molar-refractivity contribution in [1.29, 1.82) is 0 Å². The van der Waals surface area contributed by atoms with E-state index >= 15 is 0 Å². The van der Waals surface area contributed by atoms with E-state index in [0.29, 0.717) is 12.1 Å². The van der Waals surface area contributed by atoms with Gasteiger partial charge in [0.15, 0.2) is 5.65 Å². The summed E-state index contributed by atoms with van der Waals surface area (Å²) in [6.45, 7) is 8.47. The Hall–Kier alpha value is -1.63. The molecule has 2 aromatic rings. The third-order valence-corrected chi connectivity index (χ3v) is 4.06. The van der Waals surface area contributed by atoms with E-state index in [9.17, 15) is 4.79 Å². The lowest BCUT2D eigenvalue weighted by atomic mass is 10.1. The van der Waals surface area contributed by atoms with Crippen molar-refractivity contribution in [2.24, 2.45) is 0 Å². The van der Waals surface area contributed by atoms with E-state index in [1.807, 2.05) is 17.7 Å². The Morgan fingerprint density at radius 3 is 2.80 bits per heavy atom. The monoisotopic (exact) mass is 385 g/mol. The van der Waals surface area contributed by atoms with Crippen LogP contribution in [0.4, 0.5) is 0 Å². The number of halogens is 2. The highest BCUT2D eigenvalue weighted by atomic mass is 35.5. The minimum Gasteiger partial charge on any atom is -0.348 e. The van der Waals surface area contributed by atoms with Gasteiger partial charge >= 0.3 is 0 Å². The summed E-state index contributed by atoms with van der Waals surface area (Å²) in [4.78, 5) is 17.2. The first kappa shape index (κ1) is 21.4. The van der Waals surface area contributed by atoms with E-state index < -0.39 is 0 Å². The summed E-state index contributed by atoms with van der Waals surface area (Å²) in [6, 6.07) is 2.04. The average molecular weight is 386 g/mol. The summed E-state index contributed by atoms with van der Waals surface area (Å²) in [5, 5.41) is 11.5. The van der Waals surface area contributed by atoms with Crippen LogP contribution in [0.1, 0.15) is 42.4 Å². The van der Waals surface area contributed by atoms with Gasteiger partial charge < -0.3 is 10.6 Å². The molecule has 25 heavy (non-hydrogen) atoms. The second kappa shape index (κ2) is 9.17. The van der Waals surface area contributed by atoms with Crippen molar-refractivity contribution in [3.8, 4) is 0 Å². The van der Waals surface area contributed by atoms with Crippen LogP contribution in [0.2, 0.25) is 0 Å². The minimum absolute atomic E-state index is 0. The lowest BCUT2D eigenvalue weighted by molar-refractivity contribution is 0.0958. The van der Waals surface area contributed by atoms with Crippen LogP contribution in [0.25, 0.3) is 11.0 Å². The van der Waals surface area contributed by atoms with E-state index in [1.165, 1.54) is 5.57 Å². The molecule has 0 saturated carbocycles. The van der Waals surface area contributed by atoms with Crippen molar-refractivity contribution in [2.45, 2.75) is 33.2 Å². The molecule has 0 saturated heterocycles. The molecule has 1 aliphatic rings. The third kappa shape index (κ3) is 4.71. The number of carbonyl (C=O) groups excluding carboxylic acids is 1. The summed E-state index contributed by atoms with van der Waals surface area (Å²) >= 11 is 0. The first-order valence-corrected chi connectivity index (χ1v) is 8.08. The number of fused-ring (bicyclic) bond motifs is 1. The zero-order chi connectivity index (χ0) is 16.4. The third-order valence-electron chi connectivity index (χ3n) is 4.06. The maximum Gasteiger partial charge on any atom is 0.252 e. The fourth-order valence-electron chi connectivity index (χ4n) is 2.83. The Morgan fingerprint density at radius 1 is 1.40 bits per heavy atom. The van der Waals surface area contributed by atoms with Gasteiger partial charge in [0.05, 0.1) is 17.1 Å². The molecule has 0 aromatic carbocycles. The first-order chi connectivity index (χ1) is 11.1. The molecule has 0 unspecified atom stereocenters. The number of aryl methyl sites for hydroxylation is 1. The molecule has 1 aliphatic heterocycles. The molecule has 138 valence electrons. The van der Waals surface area contributed by atoms with E-state index in [4.69, 9.17) is 0 Å². The predicted molar refractivity (Wildman–Crippen MR) is 105 cm³/mol. The summed E-state index contributed by atoms with van der Waals surface area (Å²) < 4.78 is 1.86. The Morgan fingerprint density at radius 2 is 2.16 bits per heavy atom. The lowest BCUT2D eigenvalue weighted by Crippen LogP contribution is -2.29. The smallest absolute Gasteiger partial charge is 0.252 e. The molecule has 8 heteroatoms.